The highest BCUT2D eigenvalue weighted by Crippen LogP contribution is 2.38. The van der Waals surface area contributed by atoms with Gasteiger partial charge >= 0.3 is 6.18 Å². The van der Waals surface area contributed by atoms with E-state index in [0.29, 0.717) is 25.2 Å². The average Bonchev–Trinajstić information content (AvgIpc) is 3.13. The highest BCUT2D eigenvalue weighted by Gasteiger charge is 2.39. The predicted octanol–water partition coefficient (Wildman–Crippen LogP) is 3.82. The van der Waals surface area contributed by atoms with Crippen LogP contribution in [0.3, 0.4) is 0 Å². The SMILES string of the molecule is COc1ccc2c(c1)CN(Cc1cc3c(c(C(F)(F)F)c1)CN(C)C3=O)C2. The van der Waals surface area contributed by atoms with Crippen molar-refractivity contribution in [1.29, 1.82) is 0 Å². The Labute approximate surface area is 155 Å². The molecular formula is C20H19F3N2O2. The summed E-state index contributed by atoms with van der Waals surface area (Å²) in [5.74, 6) is 0.410. The van der Waals surface area contributed by atoms with Crippen LogP contribution >= 0.6 is 0 Å². The normalized spacial score (nSPS) is 16.6. The minimum atomic E-state index is -4.48. The summed E-state index contributed by atoms with van der Waals surface area (Å²) in [6, 6.07) is 8.62. The van der Waals surface area contributed by atoms with E-state index in [-0.39, 0.29) is 23.6 Å². The van der Waals surface area contributed by atoms with Crippen molar-refractivity contribution < 1.29 is 22.7 Å². The van der Waals surface area contributed by atoms with Crippen LogP contribution in [0.15, 0.2) is 30.3 Å². The van der Waals surface area contributed by atoms with E-state index in [1.54, 1.807) is 13.2 Å². The molecule has 1 amide bonds. The minimum Gasteiger partial charge on any atom is -0.497 e. The van der Waals surface area contributed by atoms with Crippen molar-refractivity contribution in [3.63, 3.8) is 0 Å². The van der Waals surface area contributed by atoms with Crippen molar-refractivity contribution in [1.82, 2.24) is 9.80 Å². The number of alkyl halides is 3. The zero-order valence-corrected chi connectivity index (χ0v) is 15.1. The molecule has 0 radical (unpaired) electrons. The second-order valence-corrected chi connectivity index (χ2v) is 7.11. The molecule has 142 valence electrons. The highest BCUT2D eigenvalue weighted by molar-refractivity contribution is 5.98. The molecule has 0 bridgehead atoms. The number of halogens is 3. The Bertz CT molecular complexity index is 924. The smallest absolute Gasteiger partial charge is 0.416 e. The lowest BCUT2D eigenvalue weighted by Crippen LogP contribution is -2.18. The summed E-state index contributed by atoms with van der Waals surface area (Å²) in [5, 5.41) is 0. The summed E-state index contributed by atoms with van der Waals surface area (Å²) in [7, 11) is 3.12. The zero-order valence-electron chi connectivity index (χ0n) is 15.1. The Hall–Kier alpha value is -2.54. The second kappa shape index (κ2) is 6.27. The van der Waals surface area contributed by atoms with Gasteiger partial charge < -0.3 is 9.64 Å². The molecule has 2 heterocycles. The van der Waals surface area contributed by atoms with Crippen LogP contribution in [0.25, 0.3) is 0 Å². The first kappa shape index (κ1) is 17.9. The molecule has 2 aliphatic heterocycles. The Morgan fingerprint density at radius 1 is 1.07 bits per heavy atom. The van der Waals surface area contributed by atoms with Crippen LogP contribution in [0.2, 0.25) is 0 Å². The van der Waals surface area contributed by atoms with Crippen LogP contribution in [-0.2, 0) is 32.4 Å². The quantitative estimate of drug-likeness (QED) is 0.817. The van der Waals surface area contributed by atoms with Crippen molar-refractivity contribution in [3.8, 4) is 5.75 Å². The van der Waals surface area contributed by atoms with Crippen LogP contribution in [0, 0.1) is 0 Å². The van der Waals surface area contributed by atoms with Gasteiger partial charge in [-0.3, -0.25) is 9.69 Å². The largest absolute Gasteiger partial charge is 0.497 e. The molecule has 0 N–H and O–H groups in total. The molecule has 0 saturated heterocycles. The number of fused-ring (bicyclic) bond motifs is 2. The van der Waals surface area contributed by atoms with Crippen LogP contribution in [-0.4, -0.2) is 29.9 Å². The number of ether oxygens (including phenoxy) is 1. The van der Waals surface area contributed by atoms with E-state index in [4.69, 9.17) is 4.74 Å². The molecule has 7 heteroatoms. The number of amides is 1. The lowest BCUT2D eigenvalue weighted by Gasteiger charge is -2.18. The Balaban J connectivity index is 1.63. The maximum atomic E-state index is 13.5. The van der Waals surface area contributed by atoms with Crippen molar-refractivity contribution in [2.45, 2.75) is 32.4 Å². The van der Waals surface area contributed by atoms with E-state index >= 15 is 0 Å². The number of methoxy groups -OCH3 is 1. The summed E-state index contributed by atoms with van der Waals surface area (Å²) < 4.78 is 45.8. The number of hydrogen-bond donors (Lipinski definition) is 0. The maximum Gasteiger partial charge on any atom is 0.416 e. The lowest BCUT2D eigenvalue weighted by molar-refractivity contribution is -0.138. The van der Waals surface area contributed by atoms with Crippen LogP contribution < -0.4 is 4.74 Å². The first-order valence-electron chi connectivity index (χ1n) is 8.63. The van der Waals surface area contributed by atoms with Crippen LogP contribution in [0.4, 0.5) is 13.2 Å². The fourth-order valence-electron chi connectivity index (χ4n) is 3.89. The summed E-state index contributed by atoms with van der Waals surface area (Å²) in [4.78, 5) is 15.6. The molecular weight excluding hydrogens is 357 g/mol. The zero-order chi connectivity index (χ0) is 19.3. The van der Waals surface area contributed by atoms with Gasteiger partial charge in [0.2, 0.25) is 0 Å². The first-order chi connectivity index (χ1) is 12.8. The van der Waals surface area contributed by atoms with Gasteiger partial charge in [0.05, 0.1) is 12.7 Å². The van der Waals surface area contributed by atoms with Crippen molar-refractivity contribution in [2.24, 2.45) is 0 Å². The lowest BCUT2D eigenvalue weighted by atomic mass is 9.98. The molecule has 0 aliphatic carbocycles. The highest BCUT2D eigenvalue weighted by atomic mass is 19.4. The Kier molecular flexibility index (Phi) is 4.14. The molecule has 4 rings (SSSR count). The fraction of sp³-hybridized carbons (Fsp3) is 0.350. The van der Waals surface area contributed by atoms with Gasteiger partial charge in [-0.1, -0.05) is 6.07 Å². The standard InChI is InChI=1S/C20H19F3N2O2/c1-24-11-17-16(19(24)26)5-12(6-18(17)20(21,22)23)8-25-9-13-3-4-15(27-2)7-14(13)10-25/h3-7H,8-11H2,1-2H3. The molecule has 0 atom stereocenters. The monoisotopic (exact) mass is 376 g/mol. The van der Waals surface area contributed by atoms with Gasteiger partial charge in [0.15, 0.2) is 0 Å². The fourth-order valence-corrected chi connectivity index (χ4v) is 3.89. The summed E-state index contributed by atoms with van der Waals surface area (Å²) in [6.45, 7) is 1.65. The molecule has 4 nitrogen and oxygen atoms in total. The van der Waals surface area contributed by atoms with E-state index in [0.717, 1.165) is 16.9 Å². The third-order valence-electron chi connectivity index (χ3n) is 5.20. The number of benzene rings is 2. The Morgan fingerprint density at radius 2 is 1.81 bits per heavy atom. The molecule has 0 aromatic heterocycles. The van der Waals surface area contributed by atoms with E-state index in [2.05, 4.69) is 4.90 Å². The summed E-state index contributed by atoms with van der Waals surface area (Å²) >= 11 is 0. The van der Waals surface area contributed by atoms with Gasteiger partial charge in [0, 0.05) is 38.8 Å². The number of hydrogen-bond acceptors (Lipinski definition) is 3. The van der Waals surface area contributed by atoms with Crippen LogP contribution in [0.1, 0.15) is 38.2 Å². The van der Waals surface area contributed by atoms with E-state index in [1.165, 1.54) is 18.0 Å². The molecule has 2 aromatic carbocycles. The molecule has 0 spiro atoms. The molecule has 0 fully saturated rings. The maximum absolute atomic E-state index is 13.5. The molecule has 0 saturated carbocycles. The van der Waals surface area contributed by atoms with Crippen molar-refractivity contribution in [2.75, 3.05) is 14.2 Å². The molecule has 2 aromatic rings. The average molecular weight is 376 g/mol. The molecule has 0 unspecified atom stereocenters. The van der Waals surface area contributed by atoms with E-state index in [9.17, 15) is 18.0 Å². The van der Waals surface area contributed by atoms with E-state index < -0.39 is 11.7 Å². The third kappa shape index (κ3) is 3.16. The molecule has 27 heavy (non-hydrogen) atoms. The Morgan fingerprint density at radius 3 is 2.52 bits per heavy atom. The molecule has 2 aliphatic rings. The van der Waals surface area contributed by atoms with Crippen molar-refractivity contribution in [3.05, 3.63) is 63.7 Å². The van der Waals surface area contributed by atoms with Gasteiger partial charge in [0.25, 0.3) is 5.91 Å². The second-order valence-electron chi connectivity index (χ2n) is 7.11. The third-order valence-corrected chi connectivity index (χ3v) is 5.20. The van der Waals surface area contributed by atoms with Crippen molar-refractivity contribution >= 4 is 5.91 Å². The summed E-state index contributed by atoms with van der Waals surface area (Å²) in [5.41, 5.74) is 2.30. The van der Waals surface area contributed by atoms with Crippen LogP contribution in [0.5, 0.6) is 5.75 Å². The van der Waals surface area contributed by atoms with E-state index in [1.807, 2.05) is 18.2 Å². The minimum absolute atomic E-state index is 0.00175. The van der Waals surface area contributed by atoms with Gasteiger partial charge in [-0.15, -0.1) is 0 Å². The predicted molar refractivity (Wildman–Crippen MR) is 93.2 cm³/mol. The number of nitrogens with zero attached hydrogens (tertiary/aromatic N) is 2. The topological polar surface area (TPSA) is 32.8 Å². The summed E-state index contributed by atoms with van der Waals surface area (Å²) in [6.07, 6.45) is -4.48. The van der Waals surface area contributed by atoms with Gasteiger partial charge in [-0.25, -0.2) is 0 Å². The first-order valence-corrected chi connectivity index (χ1v) is 8.63. The van der Waals surface area contributed by atoms with Gasteiger partial charge in [0.1, 0.15) is 5.75 Å². The number of rotatable bonds is 3. The van der Waals surface area contributed by atoms with Gasteiger partial charge in [-0.05, 0) is 46.5 Å². The number of carbonyl (C=O) groups excluding carboxylic acids is 1. The van der Waals surface area contributed by atoms with Gasteiger partial charge in [-0.2, -0.15) is 13.2 Å². The number of carbonyl (C=O) groups is 1.